The Bertz CT molecular complexity index is 1240. The number of aromatic nitrogens is 2. The van der Waals surface area contributed by atoms with Crippen molar-refractivity contribution in [1.29, 1.82) is 0 Å². The second-order valence-electron chi connectivity index (χ2n) is 9.27. The molecule has 0 saturated heterocycles. The third kappa shape index (κ3) is 5.40. The monoisotopic (exact) mass is 500 g/mol. The summed E-state index contributed by atoms with van der Waals surface area (Å²) in [5, 5.41) is 21.4. The van der Waals surface area contributed by atoms with E-state index in [4.69, 9.17) is 10.8 Å². The van der Waals surface area contributed by atoms with Crippen LogP contribution in [0.5, 0.6) is 0 Å². The second-order valence-corrected chi connectivity index (χ2v) is 9.27. The van der Waals surface area contributed by atoms with E-state index in [9.17, 15) is 23.1 Å². The number of carbonyl (C=O) groups is 1. The normalized spacial score (nSPS) is 20.7. The molecule has 10 heteroatoms. The summed E-state index contributed by atoms with van der Waals surface area (Å²) in [7, 11) is 0. The van der Waals surface area contributed by atoms with E-state index in [0.29, 0.717) is 11.6 Å². The Kier molecular flexibility index (Phi) is 7.67. The summed E-state index contributed by atoms with van der Waals surface area (Å²) in [5.41, 5.74) is 5.58. The summed E-state index contributed by atoms with van der Waals surface area (Å²) in [6.07, 6.45) is 4.22. The van der Waals surface area contributed by atoms with Crippen molar-refractivity contribution in [2.75, 3.05) is 11.9 Å². The number of halogens is 3. The predicted molar refractivity (Wildman–Crippen MR) is 128 cm³/mol. The fourth-order valence-electron chi connectivity index (χ4n) is 4.82. The Morgan fingerprint density at radius 1 is 1.14 bits per heavy atom. The average molecular weight is 501 g/mol. The molecule has 5 N–H and O–H groups in total. The average Bonchev–Trinajstić information content (AvgIpc) is 2.83. The van der Waals surface area contributed by atoms with Crippen LogP contribution in [0.1, 0.15) is 59.8 Å². The molecule has 1 aliphatic carbocycles. The molecule has 1 fully saturated rings. The molecule has 0 bridgehead atoms. The highest BCUT2D eigenvalue weighted by molar-refractivity contribution is 6.03. The van der Waals surface area contributed by atoms with Crippen LogP contribution in [0.2, 0.25) is 0 Å². The van der Waals surface area contributed by atoms with Crippen LogP contribution in [0, 0.1) is 23.4 Å². The van der Waals surface area contributed by atoms with Crippen LogP contribution in [0.25, 0.3) is 11.3 Å². The smallest absolute Gasteiger partial charge is 0.274 e. The van der Waals surface area contributed by atoms with Crippen molar-refractivity contribution in [1.82, 2.24) is 9.97 Å². The number of carbonyl (C=O) groups excluding carboxylic acids is 1. The largest absolute Gasteiger partial charge is 0.393 e. The summed E-state index contributed by atoms with van der Waals surface area (Å²) < 4.78 is 44.0. The number of pyridine rings is 2. The Morgan fingerprint density at radius 3 is 2.53 bits per heavy atom. The third-order valence-electron chi connectivity index (χ3n) is 6.46. The number of nitrogens with one attached hydrogen (secondary N) is 1. The van der Waals surface area contributed by atoms with Gasteiger partial charge in [0.1, 0.15) is 34.9 Å². The minimum atomic E-state index is -1.51. The Balaban J connectivity index is 1.64. The maximum Gasteiger partial charge on any atom is 0.274 e. The Morgan fingerprint density at radius 2 is 1.86 bits per heavy atom. The summed E-state index contributed by atoms with van der Waals surface area (Å²) in [5.74, 6) is -3.59. The fraction of sp³-hybridized carbons (Fsp3) is 0.346. The third-order valence-corrected chi connectivity index (χ3v) is 6.46. The van der Waals surface area contributed by atoms with Gasteiger partial charge >= 0.3 is 0 Å². The van der Waals surface area contributed by atoms with E-state index in [1.54, 1.807) is 6.20 Å². The Hall–Kier alpha value is -3.34. The first-order chi connectivity index (χ1) is 17.2. The predicted octanol–water partition coefficient (Wildman–Crippen LogP) is 4.07. The molecule has 4 atom stereocenters. The van der Waals surface area contributed by atoms with Crippen molar-refractivity contribution < 1.29 is 28.2 Å². The standard InChI is InChI=1S/C26H27F3N4O3/c1-13-6-14(8-16(30)7-13)17-4-5-31-11-22(17)33-26(36)21-3-2-18(27)25(32-21)24-19(28)9-15(10-20(24)29)23(35)12-34/h2-5,9-11,13-14,16,23,34-35H,6-8,12,30H2,1H3,(H,33,36)/t13-,14+,16-,23+/m0/s1. The topological polar surface area (TPSA) is 121 Å². The highest BCUT2D eigenvalue weighted by atomic mass is 19.1. The molecule has 1 aliphatic rings. The van der Waals surface area contributed by atoms with E-state index in [2.05, 4.69) is 22.2 Å². The summed E-state index contributed by atoms with van der Waals surface area (Å²) in [4.78, 5) is 21.0. The van der Waals surface area contributed by atoms with Gasteiger partial charge in [0.2, 0.25) is 0 Å². The van der Waals surface area contributed by atoms with Gasteiger partial charge in [-0.3, -0.25) is 9.78 Å². The molecule has 0 radical (unpaired) electrons. The zero-order chi connectivity index (χ0) is 26.0. The lowest BCUT2D eigenvalue weighted by atomic mass is 9.76. The molecule has 1 saturated carbocycles. The molecule has 0 aliphatic heterocycles. The van der Waals surface area contributed by atoms with E-state index in [-0.39, 0.29) is 23.2 Å². The number of hydrogen-bond acceptors (Lipinski definition) is 6. The molecule has 36 heavy (non-hydrogen) atoms. The maximum absolute atomic E-state index is 14.7. The number of anilines is 1. The number of rotatable bonds is 6. The van der Waals surface area contributed by atoms with Crippen LogP contribution in [0.4, 0.5) is 18.9 Å². The number of hydrogen-bond donors (Lipinski definition) is 4. The van der Waals surface area contributed by atoms with Crippen LogP contribution in [-0.2, 0) is 0 Å². The lowest BCUT2D eigenvalue weighted by Crippen LogP contribution is -2.31. The summed E-state index contributed by atoms with van der Waals surface area (Å²) in [6.45, 7) is 1.38. The minimum absolute atomic E-state index is 0.0477. The van der Waals surface area contributed by atoms with Gasteiger partial charge in [-0.05, 0) is 72.6 Å². The van der Waals surface area contributed by atoms with E-state index in [1.165, 1.54) is 6.20 Å². The van der Waals surface area contributed by atoms with Crippen molar-refractivity contribution >= 4 is 11.6 Å². The molecule has 1 amide bonds. The number of amides is 1. The van der Waals surface area contributed by atoms with Crippen LogP contribution in [0.3, 0.4) is 0 Å². The molecule has 7 nitrogen and oxygen atoms in total. The molecule has 190 valence electrons. The molecule has 4 rings (SSSR count). The molecule has 0 unspecified atom stereocenters. The zero-order valence-electron chi connectivity index (χ0n) is 19.6. The van der Waals surface area contributed by atoms with Crippen LogP contribution in [0.15, 0.2) is 42.7 Å². The van der Waals surface area contributed by atoms with Gasteiger partial charge in [0.25, 0.3) is 5.91 Å². The van der Waals surface area contributed by atoms with Gasteiger partial charge in [-0.15, -0.1) is 0 Å². The SMILES string of the molecule is C[C@@H]1C[C@H](N)C[C@H](c2ccncc2NC(=O)c2ccc(F)c(-c3c(F)cc([C@H](O)CO)cc3F)n2)C1. The molecule has 3 aromatic rings. The zero-order valence-corrected chi connectivity index (χ0v) is 19.6. The lowest BCUT2D eigenvalue weighted by Gasteiger charge is -2.32. The Labute approximate surface area is 206 Å². The van der Waals surface area contributed by atoms with Gasteiger partial charge in [-0.2, -0.15) is 0 Å². The van der Waals surface area contributed by atoms with Crippen molar-refractivity contribution in [3.63, 3.8) is 0 Å². The lowest BCUT2D eigenvalue weighted by molar-refractivity contribution is 0.0951. The van der Waals surface area contributed by atoms with Crippen molar-refractivity contribution in [2.45, 2.75) is 44.2 Å². The molecule has 2 heterocycles. The van der Waals surface area contributed by atoms with E-state index < -0.39 is 47.3 Å². The van der Waals surface area contributed by atoms with Crippen LogP contribution >= 0.6 is 0 Å². The second kappa shape index (κ2) is 10.7. The molecule has 0 spiro atoms. The maximum atomic E-state index is 14.7. The first kappa shape index (κ1) is 25.7. The highest BCUT2D eigenvalue weighted by Gasteiger charge is 2.28. The van der Waals surface area contributed by atoms with Gasteiger partial charge in [0.15, 0.2) is 0 Å². The quantitative estimate of drug-likeness (QED) is 0.405. The molecular formula is C26H27F3N4O3. The van der Waals surface area contributed by atoms with Gasteiger partial charge in [0.05, 0.1) is 24.1 Å². The van der Waals surface area contributed by atoms with Gasteiger partial charge in [-0.1, -0.05) is 6.92 Å². The van der Waals surface area contributed by atoms with Crippen LogP contribution in [-0.4, -0.2) is 38.7 Å². The summed E-state index contributed by atoms with van der Waals surface area (Å²) in [6, 6.07) is 5.45. The molecular weight excluding hydrogens is 473 g/mol. The first-order valence-electron chi connectivity index (χ1n) is 11.6. The van der Waals surface area contributed by atoms with E-state index in [1.807, 2.05) is 6.07 Å². The molecule has 1 aromatic carbocycles. The van der Waals surface area contributed by atoms with Crippen molar-refractivity contribution in [3.8, 4) is 11.3 Å². The van der Waals surface area contributed by atoms with E-state index in [0.717, 1.165) is 49.1 Å². The van der Waals surface area contributed by atoms with E-state index >= 15 is 0 Å². The van der Waals surface area contributed by atoms with Gasteiger partial charge in [0, 0.05) is 12.2 Å². The van der Waals surface area contributed by atoms with Crippen LogP contribution < -0.4 is 11.1 Å². The minimum Gasteiger partial charge on any atom is -0.393 e. The first-order valence-corrected chi connectivity index (χ1v) is 11.6. The number of nitrogens with zero attached hydrogens (tertiary/aromatic N) is 2. The highest BCUT2D eigenvalue weighted by Crippen LogP contribution is 2.38. The summed E-state index contributed by atoms with van der Waals surface area (Å²) >= 11 is 0. The van der Waals surface area contributed by atoms with Crippen molar-refractivity contribution in [3.05, 3.63) is 77.0 Å². The number of nitrogens with two attached hydrogens (primary N) is 1. The number of aliphatic hydroxyl groups excluding tert-OH is 2. The van der Waals surface area contributed by atoms with Crippen molar-refractivity contribution in [2.24, 2.45) is 11.7 Å². The van der Waals surface area contributed by atoms with Gasteiger partial charge in [-0.25, -0.2) is 18.2 Å². The van der Waals surface area contributed by atoms with Gasteiger partial charge < -0.3 is 21.3 Å². The molecule has 2 aromatic heterocycles. The fourth-order valence-corrected chi connectivity index (χ4v) is 4.82. The number of benzene rings is 1. The number of aliphatic hydroxyl groups is 2.